The zero-order valence-electron chi connectivity index (χ0n) is 45.4. The molecule has 2 aromatic heterocycles. The van der Waals surface area contributed by atoms with Crippen molar-refractivity contribution in [2.45, 2.75) is 147 Å². The third-order valence-electron chi connectivity index (χ3n) is 14.9. The molecule has 20 heteroatoms. The molecule has 5 aromatic rings. The number of aromatic nitrogens is 3. The fourth-order valence-corrected chi connectivity index (χ4v) is 17.1. The Hall–Kier alpha value is -6.43. The summed E-state index contributed by atoms with van der Waals surface area (Å²) < 4.78 is 85.4. The van der Waals surface area contributed by atoms with E-state index in [4.69, 9.17) is 29.2 Å². The average molecular weight is 1080 g/mol. The molecule has 3 amide bonds. The minimum Gasteiger partial charge on any atom is -0.462 e. The van der Waals surface area contributed by atoms with Gasteiger partial charge in [0.2, 0.25) is 5.91 Å². The lowest BCUT2D eigenvalue weighted by molar-refractivity contribution is -0.126. The van der Waals surface area contributed by atoms with Gasteiger partial charge in [0.05, 0.1) is 27.9 Å². The second-order valence-corrected chi connectivity index (χ2v) is 30.3. The number of nitrogens with zero attached hydrogens (tertiary/aromatic N) is 6. The first-order chi connectivity index (χ1) is 35.5. The molecule has 3 aromatic carbocycles. The SMILES string of the molecule is CC(C)[Si](C#Cc1c(F)ccc2cccc(-c3ncc4c(N5CC6CCC(C5)N6C(=O)OC(C)(C)C)nc(OCC5(C(=O)Nc6ccc(S(=O)(=O)O)cc6)CCN(C(=O)OC(C)(C)C)C5)nc4c3F)c12)(C(C)C)C(C)C. The van der Waals surface area contributed by atoms with Crippen molar-refractivity contribution in [1.29, 1.82) is 0 Å². The molecule has 3 unspecified atom stereocenters. The van der Waals surface area contributed by atoms with E-state index >= 15 is 8.78 Å². The van der Waals surface area contributed by atoms with Gasteiger partial charge < -0.3 is 29.3 Å². The van der Waals surface area contributed by atoms with Gasteiger partial charge in [-0.25, -0.2) is 18.4 Å². The predicted octanol–water partition coefficient (Wildman–Crippen LogP) is 11.2. The van der Waals surface area contributed by atoms with Gasteiger partial charge in [-0.2, -0.15) is 18.4 Å². The molecule has 3 saturated heterocycles. The fourth-order valence-electron chi connectivity index (χ4n) is 11.4. The van der Waals surface area contributed by atoms with E-state index in [1.54, 1.807) is 43.9 Å². The summed E-state index contributed by atoms with van der Waals surface area (Å²) in [5.74, 6) is 1.60. The van der Waals surface area contributed by atoms with Crippen LogP contribution in [0.15, 0.2) is 65.7 Å². The van der Waals surface area contributed by atoms with Crippen LogP contribution in [0, 0.1) is 28.5 Å². The van der Waals surface area contributed by atoms with Gasteiger partial charge in [-0.3, -0.25) is 19.2 Å². The molecule has 3 atom stereocenters. The third-order valence-corrected chi connectivity index (χ3v) is 22.1. The van der Waals surface area contributed by atoms with E-state index < -0.39 is 71.1 Å². The molecule has 0 spiro atoms. The lowest BCUT2D eigenvalue weighted by atomic mass is 9.87. The number of pyridine rings is 1. The number of carbonyl (C=O) groups is 3. The van der Waals surface area contributed by atoms with Crippen LogP contribution in [0.2, 0.25) is 16.6 Å². The highest BCUT2D eigenvalue weighted by Gasteiger charge is 2.49. The Labute approximate surface area is 445 Å². The van der Waals surface area contributed by atoms with Crippen molar-refractivity contribution in [1.82, 2.24) is 24.8 Å². The molecule has 5 heterocycles. The van der Waals surface area contributed by atoms with E-state index in [-0.39, 0.29) is 92.8 Å². The van der Waals surface area contributed by atoms with Crippen molar-refractivity contribution in [2.24, 2.45) is 5.41 Å². The number of hydrogen-bond donors (Lipinski definition) is 2. The lowest BCUT2D eigenvalue weighted by Crippen LogP contribution is -2.57. The fraction of sp³-hybridized carbons (Fsp3) is 0.500. The minimum atomic E-state index is -4.52. The Morgan fingerprint density at radius 3 is 2.08 bits per heavy atom. The van der Waals surface area contributed by atoms with Crippen molar-refractivity contribution in [3.05, 3.63) is 78.0 Å². The highest BCUT2D eigenvalue weighted by molar-refractivity contribution is 7.85. The lowest BCUT2D eigenvalue weighted by Gasteiger charge is -2.42. The van der Waals surface area contributed by atoms with Gasteiger partial charge in [0.25, 0.3) is 10.1 Å². The Morgan fingerprint density at radius 1 is 0.868 bits per heavy atom. The van der Waals surface area contributed by atoms with Crippen LogP contribution in [0.25, 0.3) is 32.9 Å². The van der Waals surface area contributed by atoms with Gasteiger partial charge >= 0.3 is 18.2 Å². The van der Waals surface area contributed by atoms with E-state index in [0.717, 1.165) is 12.1 Å². The molecular weight excluding hydrogens is 1010 g/mol. The molecule has 8 rings (SSSR count). The maximum Gasteiger partial charge on any atom is 0.410 e. The second-order valence-electron chi connectivity index (χ2n) is 23.3. The van der Waals surface area contributed by atoms with Gasteiger partial charge in [0, 0.05) is 49.0 Å². The van der Waals surface area contributed by atoms with Crippen LogP contribution < -0.4 is 15.0 Å². The number of anilines is 2. The first-order valence-electron chi connectivity index (χ1n) is 25.9. The molecule has 0 aliphatic carbocycles. The number of piperazine rings is 1. The topological polar surface area (TPSA) is 194 Å². The molecule has 3 aliphatic heterocycles. The summed E-state index contributed by atoms with van der Waals surface area (Å²) in [4.78, 5) is 60.7. The molecule has 76 heavy (non-hydrogen) atoms. The summed E-state index contributed by atoms with van der Waals surface area (Å²) >= 11 is 0. The van der Waals surface area contributed by atoms with Gasteiger partial charge in [0.15, 0.2) is 5.82 Å². The number of halogens is 2. The van der Waals surface area contributed by atoms with E-state index in [0.29, 0.717) is 42.3 Å². The van der Waals surface area contributed by atoms with Crippen LogP contribution in [-0.4, -0.2) is 120 Å². The van der Waals surface area contributed by atoms with Crippen molar-refractivity contribution in [3.63, 3.8) is 0 Å². The number of hydrogen-bond acceptors (Lipinski definition) is 12. The van der Waals surface area contributed by atoms with Crippen LogP contribution >= 0.6 is 0 Å². The summed E-state index contributed by atoms with van der Waals surface area (Å²) in [7, 11) is -6.88. The predicted molar refractivity (Wildman–Crippen MR) is 290 cm³/mol. The number of carbonyl (C=O) groups excluding carboxylic acids is 3. The standard InChI is InChI=1S/C56H69F2N7O9SSi/c1-33(2)76(34(3)4,35(5)6)27-24-41-44(57)23-16-36-14-13-15-42(45(36)41)47-46(58)48-43(28-59-47)49(64-29-38-19-20-39(30-64)65(38)53(68)74-55(10,11)12)62-51(61-48)72-32-56(25-26-63(31-56)52(67)73-54(7,8)9)50(66)60-37-17-21-40(22-18-37)75(69,70)71/h13-18,21-23,28,33-35,38-39H,19-20,25-26,29-32H2,1-12H3,(H,60,66)(H,69,70,71). The maximum atomic E-state index is 18.0. The Kier molecular flexibility index (Phi) is 15.3. The Bertz CT molecular complexity index is 3230. The smallest absolute Gasteiger partial charge is 0.410 e. The monoisotopic (exact) mass is 1080 g/mol. The first-order valence-corrected chi connectivity index (χ1v) is 29.6. The molecular formula is C56H69F2N7O9SSi. The van der Waals surface area contributed by atoms with E-state index in [1.165, 1.54) is 29.3 Å². The largest absolute Gasteiger partial charge is 0.462 e. The number of fused-ring (bicyclic) bond motifs is 4. The highest BCUT2D eigenvalue weighted by atomic mass is 32.2. The van der Waals surface area contributed by atoms with Gasteiger partial charge in [0.1, 0.15) is 54.1 Å². The van der Waals surface area contributed by atoms with Crippen LogP contribution in [0.5, 0.6) is 6.01 Å². The van der Waals surface area contributed by atoms with Gasteiger partial charge in [-0.05, 0) is 113 Å². The molecule has 0 saturated carbocycles. The molecule has 406 valence electrons. The Balaban J connectivity index is 1.25. The van der Waals surface area contributed by atoms with Crippen molar-refractivity contribution >= 4 is 69.5 Å². The molecule has 2 N–H and O–H groups in total. The summed E-state index contributed by atoms with van der Waals surface area (Å²) in [6.07, 6.45) is 1.86. The van der Waals surface area contributed by atoms with Crippen LogP contribution in [-0.2, 0) is 24.4 Å². The molecule has 16 nitrogen and oxygen atoms in total. The van der Waals surface area contributed by atoms with E-state index in [2.05, 4.69) is 58.3 Å². The number of ether oxygens (including phenoxy) is 3. The summed E-state index contributed by atoms with van der Waals surface area (Å²) in [5, 5.41) is 4.08. The van der Waals surface area contributed by atoms with Crippen LogP contribution in [0.4, 0.5) is 29.9 Å². The molecule has 3 aliphatic rings. The first kappa shape index (κ1) is 55.8. The highest BCUT2D eigenvalue weighted by Crippen LogP contribution is 2.43. The number of likely N-dealkylation sites (tertiary alicyclic amines) is 1. The normalized spacial score (nSPS) is 19.2. The third kappa shape index (κ3) is 11.2. The molecule has 2 bridgehead atoms. The minimum absolute atomic E-state index is 0.0814. The number of amides is 3. The Morgan fingerprint density at radius 2 is 1.49 bits per heavy atom. The average Bonchev–Trinajstić information content (AvgIpc) is 3.92. The molecule has 0 radical (unpaired) electrons. The van der Waals surface area contributed by atoms with E-state index in [9.17, 15) is 27.4 Å². The summed E-state index contributed by atoms with van der Waals surface area (Å²) in [6, 6.07) is 12.3. The van der Waals surface area contributed by atoms with Crippen molar-refractivity contribution < 1.29 is 50.3 Å². The van der Waals surface area contributed by atoms with Crippen molar-refractivity contribution in [2.75, 3.05) is 43.0 Å². The second kappa shape index (κ2) is 20.8. The molecule has 3 fully saturated rings. The van der Waals surface area contributed by atoms with Crippen molar-refractivity contribution in [3.8, 4) is 28.7 Å². The number of benzene rings is 3. The zero-order chi connectivity index (χ0) is 55.4. The van der Waals surface area contributed by atoms with Crippen LogP contribution in [0.1, 0.15) is 108 Å². The summed E-state index contributed by atoms with van der Waals surface area (Å²) in [6.45, 7) is 23.8. The quantitative estimate of drug-likeness (QED) is 0.0721. The maximum absolute atomic E-state index is 18.0. The summed E-state index contributed by atoms with van der Waals surface area (Å²) in [5.41, 5.74) is 1.77. The van der Waals surface area contributed by atoms with E-state index in [1.807, 2.05) is 31.7 Å². The number of nitrogens with one attached hydrogen (secondary N) is 1. The van der Waals surface area contributed by atoms with Gasteiger partial charge in [-0.15, -0.1) is 5.54 Å². The van der Waals surface area contributed by atoms with Gasteiger partial charge in [-0.1, -0.05) is 71.7 Å². The zero-order valence-corrected chi connectivity index (χ0v) is 47.2. The van der Waals surface area contributed by atoms with Crippen LogP contribution in [0.3, 0.4) is 0 Å². The number of rotatable bonds is 11.